The van der Waals surface area contributed by atoms with E-state index in [1.54, 1.807) is 6.07 Å². The maximum Gasteiger partial charge on any atom is 0.233 e. The molecular formula is C24H27FN2O3S. The first-order valence-electron chi connectivity index (χ1n) is 10.5. The van der Waals surface area contributed by atoms with Crippen LogP contribution in [-0.2, 0) is 27.7 Å². The van der Waals surface area contributed by atoms with Gasteiger partial charge in [-0.05, 0) is 47.6 Å². The minimum Gasteiger partial charge on any atom is -0.299 e. The first-order valence-corrected chi connectivity index (χ1v) is 12.2. The van der Waals surface area contributed by atoms with E-state index in [-0.39, 0.29) is 29.6 Å². The molecule has 1 fully saturated rings. The van der Waals surface area contributed by atoms with Crippen molar-refractivity contribution >= 4 is 27.6 Å². The molecule has 1 aromatic heterocycles. The highest BCUT2D eigenvalue weighted by atomic mass is 32.2. The molecule has 0 amide bonds. The number of hydrogen-bond acceptors (Lipinski definition) is 4. The number of allylic oxidation sites excluding steroid dienone is 1. The standard InChI is InChI=1S/C24H27FN2O3S/c1-24(2,3)14-31(29,30)27-22-10-9-16(11-20(22)25)19-12-17(13-23(28)15-7-8-15)26-21-6-4-5-18(19)21/h4-5,9-12,15,27H,6-8,13-14H2,1-3H3. The summed E-state index contributed by atoms with van der Waals surface area (Å²) in [5, 5.41) is 0. The van der Waals surface area contributed by atoms with Gasteiger partial charge in [-0.15, -0.1) is 0 Å². The Morgan fingerprint density at radius 3 is 2.61 bits per heavy atom. The van der Waals surface area contributed by atoms with Gasteiger partial charge in [-0.3, -0.25) is 14.5 Å². The molecule has 0 bridgehead atoms. The SMILES string of the molecule is CC(C)(C)CS(=O)(=O)Nc1ccc(-c2cc(CC(=O)C3CC3)nc3c2C=CC3)cc1F. The number of aromatic nitrogens is 1. The Morgan fingerprint density at radius 2 is 1.97 bits per heavy atom. The van der Waals surface area contributed by atoms with Crippen LogP contribution >= 0.6 is 0 Å². The van der Waals surface area contributed by atoms with Gasteiger partial charge in [-0.25, -0.2) is 12.8 Å². The molecule has 1 saturated carbocycles. The molecule has 0 radical (unpaired) electrons. The Labute approximate surface area is 182 Å². The predicted octanol–water partition coefficient (Wildman–Crippen LogP) is 4.77. The summed E-state index contributed by atoms with van der Waals surface area (Å²) in [6, 6.07) is 6.34. The van der Waals surface area contributed by atoms with E-state index in [1.165, 1.54) is 12.1 Å². The number of carbonyl (C=O) groups excluding carboxylic acids is 1. The Kier molecular flexibility index (Phi) is 5.50. The summed E-state index contributed by atoms with van der Waals surface area (Å²) in [4.78, 5) is 16.9. The second-order valence-corrected chi connectivity index (χ2v) is 11.4. The average molecular weight is 443 g/mol. The van der Waals surface area contributed by atoms with E-state index in [2.05, 4.69) is 9.71 Å². The van der Waals surface area contributed by atoms with Crippen molar-refractivity contribution in [3.8, 4) is 11.1 Å². The number of pyridine rings is 1. The number of fused-ring (bicyclic) bond motifs is 1. The van der Waals surface area contributed by atoms with Crippen molar-refractivity contribution in [1.82, 2.24) is 4.98 Å². The minimum absolute atomic E-state index is 0.0709. The van der Waals surface area contributed by atoms with Crippen molar-refractivity contribution in [2.24, 2.45) is 11.3 Å². The largest absolute Gasteiger partial charge is 0.299 e. The smallest absolute Gasteiger partial charge is 0.233 e. The van der Waals surface area contributed by atoms with E-state index in [1.807, 2.05) is 39.0 Å². The molecule has 2 aliphatic carbocycles. The molecular weight excluding hydrogens is 415 g/mol. The first kappa shape index (κ1) is 21.7. The third-order valence-corrected chi connectivity index (χ3v) is 7.12. The maximum absolute atomic E-state index is 14.9. The average Bonchev–Trinajstić information content (AvgIpc) is 3.39. The van der Waals surface area contributed by atoms with Crippen molar-refractivity contribution in [1.29, 1.82) is 0 Å². The molecule has 0 spiro atoms. The van der Waals surface area contributed by atoms with Crippen molar-refractivity contribution in [3.05, 3.63) is 53.1 Å². The molecule has 1 heterocycles. The highest BCUT2D eigenvalue weighted by molar-refractivity contribution is 7.92. The summed E-state index contributed by atoms with van der Waals surface area (Å²) in [5.74, 6) is -0.380. The molecule has 4 rings (SSSR count). The van der Waals surface area contributed by atoms with Crippen LogP contribution in [0.4, 0.5) is 10.1 Å². The fraction of sp³-hybridized carbons (Fsp3) is 0.417. The first-order chi connectivity index (χ1) is 14.5. The molecule has 2 aromatic rings. The predicted molar refractivity (Wildman–Crippen MR) is 121 cm³/mol. The number of Topliss-reactive ketones (excluding diaryl/α,β-unsaturated/α-hetero) is 1. The molecule has 0 aliphatic heterocycles. The molecule has 0 atom stereocenters. The Bertz CT molecular complexity index is 1180. The number of rotatable bonds is 7. The van der Waals surface area contributed by atoms with Gasteiger partial charge in [0, 0.05) is 30.0 Å². The van der Waals surface area contributed by atoms with E-state index in [4.69, 9.17) is 0 Å². The number of sulfonamides is 1. The van der Waals surface area contributed by atoms with Crippen LogP contribution in [0.5, 0.6) is 0 Å². The summed E-state index contributed by atoms with van der Waals surface area (Å²) >= 11 is 0. The van der Waals surface area contributed by atoms with Crippen molar-refractivity contribution in [2.75, 3.05) is 10.5 Å². The number of halogens is 1. The summed E-state index contributed by atoms with van der Waals surface area (Å²) in [5.41, 5.74) is 3.42. The lowest BCUT2D eigenvalue weighted by Gasteiger charge is -2.19. The zero-order valence-corrected chi connectivity index (χ0v) is 18.9. The van der Waals surface area contributed by atoms with Crippen LogP contribution in [0.15, 0.2) is 30.3 Å². The third kappa shape index (κ3) is 5.21. The quantitative estimate of drug-likeness (QED) is 0.670. The molecule has 0 unspecified atom stereocenters. The monoisotopic (exact) mass is 442 g/mol. The highest BCUT2D eigenvalue weighted by Gasteiger charge is 2.30. The van der Waals surface area contributed by atoms with Gasteiger partial charge in [0.25, 0.3) is 0 Å². The summed E-state index contributed by atoms with van der Waals surface area (Å²) < 4.78 is 41.9. The van der Waals surface area contributed by atoms with E-state index < -0.39 is 21.3 Å². The lowest BCUT2D eigenvalue weighted by atomic mass is 9.97. The van der Waals surface area contributed by atoms with Crippen LogP contribution < -0.4 is 4.72 Å². The van der Waals surface area contributed by atoms with E-state index in [0.717, 1.165) is 29.7 Å². The lowest BCUT2D eigenvalue weighted by molar-refractivity contribution is -0.119. The van der Waals surface area contributed by atoms with Crippen LogP contribution in [0.1, 0.15) is 50.6 Å². The zero-order chi connectivity index (χ0) is 22.4. The fourth-order valence-electron chi connectivity index (χ4n) is 3.89. The summed E-state index contributed by atoms with van der Waals surface area (Å²) in [7, 11) is -3.67. The normalized spacial score (nSPS) is 15.7. The summed E-state index contributed by atoms with van der Waals surface area (Å²) in [6.07, 6.45) is 6.84. The maximum atomic E-state index is 14.9. The highest BCUT2D eigenvalue weighted by Crippen LogP contribution is 2.35. The van der Waals surface area contributed by atoms with Gasteiger partial charge in [-0.2, -0.15) is 0 Å². The Hall–Kier alpha value is -2.54. The van der Waals surface area contributed by atoms with Crippen LogP contribution in [0.25, 0.3) is 17.2 Å². The Morgan fingerprint density at radius 1 is 1.23 bits per heavy atom. The number of nitrogens with zero attached hydrogens (tertiary/aromatic N) is 1. The third-order valence-electron chi connectivity index (χ3n) is 5.34. The van der Waals surface area contributed by atoms with Gasteiger partial charge in [0.15, 0.2) is 0 Å². The molecule has 164 valence electrons. The second kappa shape index (κ2) is 7.86. The number of benzene rings is 1. The number of anilines is 1. The van der Waals surface area contributed by atoms with E-state index >= 15 is 0 Å². The van der Waals surface area contributed by atoms with E-state index in [0.29, 0.717) is 17.7 Å². The van der Waals surface area contributed by atoms with Gasteiger partial charge >= 0.3 is 0 Å². The van der Waals surface area contributed by atoms with Gasteiger partial charge in [0.05, 0.1) is 17.1 Å². The second-order valence-electron chi connectivity index (χ2n) is 9.66. The summed E-state index contributed by atoms with van der Waals surface area (Å²) in [6.45, 7) is 5.44. The molecule has 31 heavy (non-hydrogen) atoms. The van der Waals surface area contributed by atoms with Crippen LogP contribution in [0, 0.1) is 17.2 Å². The number of carbonyl (C=O) groups is 1. The molecule has 1 aromatic carbocycles. The van der Waals surface area contributed by atoms with Gasteiger partial charge in [0.1, 0.15) is 11.6 Å². The van der Waals surface area contributed by atoms with Crippen LogP contribution in [0.3, 0.4) is 0 Å². The molecule has 0 saturated heterocycles. The fourth-order valence-corrected chi connectivity index (χ4v) is 5.61. The topological polar surface area (TPSA) is 76.1 Å². The zero-order valence-electron chi connectivity index (χ0n) is 18.0. The van der Waals surface area contributed by atoms with Gasteiger partial charge in [0.2, 0.25) is 10.0 Å². The molecule has 7 heteroatoms. The minimum atomic E-state index is -3.67. The Balaban J connectivity index is 1.64. The van der Waals surface area contributed by atoms with Crippen molar-refractivity contribution < 1.29 is 17.6 Å². The number of nitrogens with one attached hydrogen (secondary N) is 1. The van der Waals surface area contributed by atoms with Crippen molar-refractivity contribution in [2.45, 2.75) is 46.5 Å². The van der Waals surface area contributed by atoms with Crippen molar-refractivity contribution in [3.63, 3.8) is 0 Å². The molecule has 5 nitrogen and oxygen atoms in total. The lowest BCUT2D eigenvalue weighted by Crippen LogP contribution is -2.26. The number of ketones is 1. The van der Waals surface area contributed by atoms with Crippen LogP contribution in [0.2, 0.25) is 0 Å². The number of hydrogen-bond donors (Lipinski definition) is 1. The van der Waals surface area contributed by atoms with Gasteiger partial charge < -0.3 is 0 Å². The molecule has 2 aliphatic rings. The molecule has 1 N–H and O–H groups in total. The van der Waals surface area contributed by atoms with Gasteiger partial charge in [-0.1, -0.05) is 39.0 Å². The van der Waals surface area contributed by atoms with E-state index in [9.17, 15) is 17.6 Å². The van der Waals surface area contributed by atoms with Crippen LogP contribution in [-0.4, -0.2) is 24.9 Å².